The lowest BCUT2D eigenvalue weighted by atomic mass is 10.2. The number of aryl methyl sites for hydroxylation is 2. The highest BCUT2D eigenvalue weighted by atomic mass is 35.5. The van der Waals surface area contributed by atoms with Crippen LogP contribution < -0.4 is 9.62 Å². The van der Waals surface area contributed by atoms with Crippen LogP contribution in [0.2, 0.25) is 5.02 Å². The van der Waals surface area contributed by atoms with Gasteiger partial charge in [-0.15, -0.1) is 0 Å². The Morgan fingerprint density at radius 2 is 1.77 bits per heavy atom. The van der Waals surface area contributed by atoms with E-state index in [0.29, 0.717) is 17.3 Å². The molecule has 0 spiro atoms. The molecule has 1 aliphatic rings. The first-order chi connectivity index (χ1) is 14.8. The molecule has 3 rings (SSSR count). The topological polar surface area (TPSA) is 69.7 Å². The van der Waals surface area contributed by atoms with E-state index in [2.05, 4.69) is 10.2 Å². The van der Waals surface area contributed by atoms with Crippen LogP contribution in [-0.4, -0.2) is 51.9 Å². The molecule has 1 saturated heterocycles. The third-order valence-electron chi connectivity index (χ3n) is 5.51. The molecule has 6 nitrogen and oxygen atoms in total. The fourth-order valence-corrected chi connectivity index (χ4v) is 5.36. The number of amides is 1. The molecule has 0 aliphatic carbocycles. The molecule has 8 heteroatoms. The first kappa shape index (κ1) is 23.6. The van der Waals surface area contributed by atoms with Crippen molar-refractivity contribution in [3.8, 4) is 0 Å². The fraction of sp³-hybridized carbons (Fsp3) is 0.435. The predicted octanol–water partition coefficient (Wildman–Crippen LogP) is 3.75. The monoisotopic (exact) mass is 463 g/mol. The largest absolute Gasteiger partial charge is 0.354 e. The van der Waals surface area contributed by atoms with Gasteiger partial charge in [0.15, 0.2) is 0 Å². The Labute approximate surface area is 190 Å². The quantitative estimate of drug-likeness (QED) is 0.575. The highest BCUT2D eigenvalue weighted by molar-refractivity contribution is 7.92. The summed E-state index contributed by atoms with van der Waals surface area (Å²) >= 11 is 6.15. The van der Waals surface area contributed by atoms with E-state index < -0.39 is 10.0 Å². The van der Waals surface area contributed by atoms with Crippen LogP contribution in [0, 0.1) is 13.8 Å². The smallest absolute Gasteiger partial charge is 0.264 e. The summed E-state index contributed by atoms with van der Waals surface area (Å²) in [5.74, 6) is -0.337. The van der Waals surface area contributed by atoms with Gasteiger partial charge in [-0.3, -0.25) is 9.10 Å². The zero-order chi connectivity index (χ0) is 22.4. The first-order valence-electron chi connectivity index (χ1n) is 10.6. The Bertz CT molecular complexity index is 1000. The lowest BCUT2D eigenvalue weighted by molar-refractivity contribution is -0.119. The fourth-order valence-electron chi connectivity index (χ4n) is 3.71. The van der Waals surface area contributed by atoms with Gasteiger partial charge in [-0.25, -0.2) is 8.42 Å². The molecule has 31 heavy (non-hydrogen) atoms. The van der Waals surface area contributed by atoms with E-state index in [4.69, 9.17) is 11.6 Å². The Hall–Kier alpha value is -2.09. The van der Waals surface area contributed by atoms with Gasteiger partial charge in [0.2, 0.25) is 5.91 Å². The molecule has 168 valence electrons. The molecular weight excluding hydrogens is 434 g/mol. The van der Waals surface area contributed by atoms with E-state index in [1.54, 1.807) is 49.4 Å². The number of hydrogen-bond acceptors (Lipinski definition) is 4. The molecule has 2 aromatic rings. The maximum absolute atomic E-state index is 13.4. The van der Waals surface area contributed by atoms with Crippen LogP contribution in [0.3, 0.4) is 0 Å². The highest BCUT2D eigenvalue weighted by Crippen LogP contribution is 2.29. The molecule has 0 unspecified atom stereocenters. The standard InChI is InChI=1S/C23H30ClN3O3S/c1-18-6-10-21(11-7-18)31(29,30)27(22-16-20(24)9-8-19(22)2)17-23(28)25-12-5-15-26-13-3-4-14-26/h6-11,16H,3-5,12-15,17H2,1-2H3,(H,25,28). The number of nitrogens with zero attached hydrogens (tertiary/aromatic N) is 2. The van der Waals surface area contributed by atoms with Crippen molar-refractivity contribution in [3.63, 3.8) is 0 Å². The van der Waals surface area contributed by atoms with Crippen molar-refractivity contribution in [2.75, 3.05) is 37.0 Å². The van der Waals surface area contributed by atoms with Crippen LogP contribution in [0.5, 0.6) is 0 Å². The highest BCUT2D eigenvalue weighted by Gasteiger charge is 2.28. The summed E-state index contributed by atoms with van der Waals surface area (Å²) in [4.78, 5) is 15.2. The van der Waals surface area contributed by atoms with Gasteiger partial charge in [-0.2, -0.15) is 0 Å². The molecule has 0 atom stereocenters. The Morgan fingerprint density at radius 1 is 1.10 bits per heavy atom. The molecule has 1 aliphatic heterocycles. The molecule has 0 saturated carbocycles. The van der Waals surface area contributed by atoms with Crippen molar-refractivity contribution in [2.45, 2.75) is 38.0 Å². The van der Waals surface area contributed by atoms with Gasteiger partial charge in [0.25, 0.3) is 10.0 Å². The van der Waals surface area contributed by atoms with Crippen molar-refractivity contribution < 1.29 is 13.2 Å². The van der Waals surface area contributed by atoms with E-state index in [0.717, 1.165) is 41.5 Å². The Kier molecular flexibility index (Phi) is 7.97. The molecule has 2 aromatic carbocycles. The average molecular weight is 464 g/mol. The van der Waals surface area contributed by atoms with Crippen molar-refractivity contribution in [1.82, 2.24) is 10.2 Å². The molecular formula is C23H30ClN3O3S. The number of carbonyl (C=O) groups excluding carboxylic acids is 1. The number of anilines is 1. The van der Waals surface area contributed by atoms with Gasteiger partial charge in [0, 0.05) is 11.6 Å². The van der Waals surface area contributed by atoms with Crippen LogP contribution >= 0.6 is 11.6 Å². The minimum Gasteiger partial charge on any atom is -0.354 e. The van der Waals surface area contributed by atoms with Crippen LogP contribution in [-0.2, 0) is 14.8 Å². The zero-order valence-electron chi connectivity index (χ0n) is 18.1. The number of likely N-dealkylation sites (tertiary alicyclic amines) is 1. The minimum atomic E-state index is -3.94. The molecule has 0 aromatic heterocycles. The molecule has 1 fully saturated rings. The number of carbonyl (C=O) groups is 1. The van der Waals surface area contributed by atoms with Gasteiger partial charge in [-0.1, -0.05) is 35.4 Å². The second-order valence-electron chi connectivity index (χ2n) is 8.01. The van der Waals surface area contributed by atoms with Crippen molar-refractivity contribution in [2.24, 2.45) is 0 Å². The van der Waals surface area contributed by atoms with Gasteiger partial charge in [-0.05, 0) is 82.6 Å². The third-order valence-corrected chi connectivity index (χ3v) is 7.52. The van der Waals surface area contributed by atoms with Crippen LogP contribution in [0.1, 0.15) is 30.4 Å². The summed E-state index contributed by atoms with van der Waals surface area (Å²) in [6.07, 6.45) is 3.31. The second-order valence-corrected chi connectivity index (χ2v) is 10.3. The van der Waals surface area contributed by atoms with Crippen molar-refractivity contribution in [1.29, 1.82) is 0 Å². The number of sulfonamides is 1. The molecule has 1 heterocycles. The van der Waals surface area contributed by atoms with E-state index in [1.807, 2.05) is 6.92 Å². The molecule has 0 bridgehead atoms. The number of rotatable bonds is 9. The predicted molar refractivity (Wildman–Crippen MR) is 125 cm³/mol. The summed E-state index contributed by atoms with van der Waals surface area (Å²) < 4.78 is 28.0. The van der Waals surface area contributed by atoms with E-state index >= 15 is 0 Å². The summed E-state index contributed by atoms with van der Waals surface area (Å²) in [7, 11) is -3.94. The van der Waals surface area contributed by atoms with Crippen LogP contribution in [0.4, 0.5) is 5.69 Å². The van der Waals surface area contributed by atoms with E-state index in [1.165, 1.54) is 12.8 Å². The molecule has 1 N–H and O–H groups in total. The maximum atomic E-state index is 13.4. The minimum absolute atomic E-state index is 0.138. The van der Waals surface area contributed by atoms with Crippen molar-refractivity contribution >= 4 is 33.2 Å². The third kappa shape index (κ3) is 6.21. The summed E-state index contributed by atoms with van der Waals surface area (Å²) in [5, 5.41) is 3.28. The van der Waals surface area contributed by atoms with Crippen LogP contribution in [0.15, 0.2) is 47.4 Å². The van der Waals surface area contributed by atoms with E-state index in [9.17, 15) is 13.2 Å². The number of halogens is 1. The zero-order valence-corrected chi connectivity index (χ0v) is 19.7. The summed E-state index contributed by atoms with van der Waals surface area (Å²) in [6.45, 7) is 7.08. The SMILES string of the molecule is Cc1ccc(S(=O)(=O)N(CC(=O)NCCCN2CCCC2)c2cc(Cl)ccc2C)cc1. The maximum Gasteiger partial charge on any atom is 0.264 e. The van der Waals surface area contributed by atoms with Gasteiger partial charge < -0.3 is 10.2 Å². The Morgan fingerprint density at radius 3 is 2.45 bits per heavy atom. The molecule has 0 radical (unpaired) electrons. The van der Waals surface area contributed by atoms with Gasteiger partial charge in [0.1, 0.15) is 6.54 Å². The first-order valence-corrected chi connectivity index (χ1v) is 12.4. The number of hydrogen-bond donors (Lipinski definition) is 1. The van der Waals surface area contributed by atoms with Crippen LogP contribution in [0.25, 0.3) is 0 Å². The molecule has 1 amide bonds. The van der Waals surface area contributed by atoms with Gasteiger partial charge >= 0.3 is 0 Å². The van der Waals surface area contributed by atoms with Crippen molar-refractivity contribution in [3.05, 3.63) is 58.6 Å². The summed E-state index contributed by atoms with van der Waals surface area (Å²) in [6, 6.07) is 11.7. The normalized spacial score (nSPS) is 14.5. The van der Waals surface area contributed by atoms with Gasteiger partial charge in [0.05, 0.1) is 10.6 Å². The lowest BCUT2D eigenvalue weighted by Crippen LogP contribution is -2.41. The number of nitrogens with one attached hydrogen (secondary N) is 1. The summed E-state index contributed by atoms with van der Waals surface area (Å²) in [5.41, 5.74) is 2.09. The second kappa shape index (κ2) is 10.5. The Balaban J connectivity index is 1.76. The average Bonchev–Trinajstić information content (AvgIpc) is 3.25. The lowest BCUT2D eigenvalue weighted by Gasteiger charge is -2.26. The number of benzene rings is 2. The van der Waals surface area contributed by atoms with E-state index in [-0.39, 0.29) is 17.3 Å².